The number of aromatic amines is 1. The van der Waals surface area contributed by atoms with Gasteiger partial charge in [-0.3, -0.25) is 9.59 Å². The van der Waals surface area contributed by atoms with Crippen molar-refractivity contribution in [3.63, 3.8) is 0 Å². The van der Waals surface area contributed by atoms with Crippen LogP contribution in [0, 0.1) is 25.2 Å². The second-order valence-electron chi connectivity index (χ2n) is 5.15. The Hall–Kier alpha value is -2.58. The van der Waals surface area contributed by atoms with E-state index in [1.807, 2.05) is 6.07 Å². The summed E-state index contributed by atoms with van der Waals surface area (Å²) in [5, 5.41) is 9.05. The molecule has 1 N–H and O–H groups in total. The summed E-state index contributed by atoms with van der Waals surface area (Å²) in [5.74, 6) is -0.0448. The number of carbonyl (C=O) groups is 2. The second kappa shape index (κ2) is 6.67. The van der Waals surface area contributed by atoms with Gasteiger partial charge in [-0.15, -0.1) is 0 Å². The molecule has 0 aliphatic carbocycles. The van der Waals surface area contributed by atoms with Gasteiger partial charge in [0.15, 0.2) is 12.4 Å². The highest BCUT2D eigenvalue weighted by molar-refractivity contribution is 6.32. The molecule has 2 aromatic rings. The molecule has 0 radical (unpaired) electrons. The lowest BCUT2D eigenvalue weighted by atomic mass is 10.1. The molecule has 0 fully saturated rings. The maximum atomic E-state index is 12.3. The van der Waals surface area contributed by atoms with Gasteiger partial charge >= 0.3 is 0 Å². The first-order chi connectivity index (χ1) is 10.8. The average Bonchev–Trinajstić information content (AvgIpc) is 2.80. The fraction of sp³-hybridized carbons (Fsp3) is 0.235. The molecule has 2 rings (SSSR count). The van der Waals surface area contributed by atoms with Crippen LogP contribution in [0.1, 0.15) is 44.6 Å². The summed E-state index contributed by atoms with van der Waals surface area (Å²) < 4.78 is 5.42. The fourth-order valence-corrected chi connectivity index (χ4v) is 2.69. The van der Waals surface area contributed by atoms with Crippen molar-refractivity contribution in [3.05, 3.63) is 51.3 Å². The number of ether oxygens (including phenoxy) is 1. The molecule has 118 valence electrons. The van der Waals surface area contributed by atoms with Crippen molar-refractivity contribution in [2.75, 3.05) is 6.61 Å². The number of H-pyrrole nitrogens is 1. The number of nitrogens with one attached hydrogen (secondary N) is 1. The first-order valence-corrected chi connectivity index (χ1v) is 7.28. The zero-order valence-corrected chi connectivity index (χ0v) is 13.7. The topological polar surface area (TPSA) is 82.9 Å². The van der Waals surface area contributed by atoms with Gasteiger partial charge in [0.05, 0.1) is 22.3 Å². The first kappa shape index (κ1) is 16.8. The van der Waals surface area contributed by atoms with Crippen LogP contribution >= 0.6 is 11.6 Å². The van der Waals surface area contributed by atoms with E-state index in [0.29, 0.717) is 33.8 Å². The normalized spacial score (nSPS) is 10.2. The van der Waals surface area contributed by atoms with E-state index in [4.69, 9.17) is 21.6 Å². The minimum absolute atomic E-state index is 0.0913. The van der Waals surface area contributed by atoms with Crippen LogP contribution < -0.4 is 4.74 Å². The summed E-state index contributed by atoms with van der Waals surface area (Å²) >= 11 is 6.00. The Balaban J connectivity index is 2.16. The molecule has 0 amide bonds. The van der Waals surface area contributed by atoms with E-state index in [9.17, 15) is 9.59 Å². The summed E-state index contributed by atoms with van der Waals surface area (Å²) in [6, 6.07) is 6.54. The van der Waals surface area contributed by atoms with Crippen molar-refractivity contribution in [1.82, 2.24) is 4.98 Å². The molecule has 5 nitrogen and oxygen atoms in total. The molecule has 0 bridgehead atoms. The first-order valence-electron chi connectivity index (χ1n) is 6.91. The molecule has 1 aromatic heterocycles. The van der Waals surface area contributed by atoms with Crippen LogP contribution in [0.15, 0.2) is 18.2 Å². The number of nitrogens with zero attached hydrogens (tertiary/aromatic N) is 1. The third kappa shape index (κ3) is 3.43. The van der Waals surface area contributed by atoms with Gasteiger partial charge in [-0.2, -0.15) is 5.26 Å². The van der Waals surface area contributed by atoms with E-state index in [1.54, 1.807) is 26.0 Å². The largest absolute Gasteiger partial charge is 0.484 e. The van der Waals surface area contributed by atoms with Crippen molar-refractivity contribution in [3.8, 4) is 11.8 Å². The van der Waals surface area contributed by atoms with Gasteiger partial charge in [0.1, 0.15) is 5.75 Å². The molecule has 0 unspecified atom stereocenters. The predicted octanol–water partition coefficient (Wildman–Crippen LogP) is 3.62. The lowest BCUT2D eigenvalue weighted by molar-refractivity contribution is 0.0916. The Morgan fingerprint density at radius 2 is 2.04 bits per heavy atom. The van der Waals surface area contributed by atoms with Gasteiger partial charge in [0.25, 0.3) is 0 Å². The number of hydrogen-bond donors (Lipinski definition) is 1. The van der Waals surface area contributed by atoms with Crippen molar-refractivity contribution in [2.24, 2.45) is 0 Å². The Kier molecular flexibility index (Phi) is 4.87. The number of ketones is 2. The second-order valence-corrected chi connectivity index (χ2v) is 5.56. The third-order valence-electron chi connectivity index (χ3n) is 3.49. The average molecular weight is 331 g/mol. The summed E-state index contributed by atoms with van der Waals surface area (Å²) in [5.41, 5.74) is 2.59. The van der Waals surface area contributed by atoms with Crippen molar-refractivity contribution >= 4 is 23.2 Å². The maximum absolute atomic E-state index is 12.3. The van der Waals surface area contributed by atoms with Gasteiger partial charge in [-0.25, -0.2) is 0 Å². The van der Waals surface area contributed by atoms with Crippen LogP contribution in [0.25, 0.3) is 0 Å². The summed E-state index contributed by atoms with van der Waals surface area (Å²) in [6.07, 6.45) is 0. The summed E-state index contributed by atoms with van der Waals surface area (Å²) in [7, 11) is 0. The number of nitriles is 1. The number of rotatable bonds is 5. The van der Waals surface area contributed by atoms with Gasteiger partial charge in [0.2, 0.25) is 5.78 Å². The SMILES string of the molecule is CC(=O)c1c(C)[nH]c(C(=O)COc2ccc(C#N)cc2Cl)c1C. The van der Waals surface area contributed by atoms with Gasteiger partial charge in [-0.05, 0) is 44.5 Å². The molecule has 0 aliphatic heterocycles. The highest BCUT2D eigenvalue weighted by Gasteiger charge is 2.20. The van der Waals surface area contributed by atoms with E-state index in [-0.39, 0.29) is 23.2 Å². The lowest BCUT2D eigenvalue weighted by Crippen LogP contribution is -2.13. The van der Waals surface area contributed by atoms with Gasteiger partial charge < -0.3 is 9.72 Å². The van der Waals surface area contributed by atoms with Crippen molar-refractivity contribution in [1.29, 1.82) is 5.26 Å². The Morgan fingerprint density at radius 3 is 2.57 bits per heavy atom. The Bertz CT molecular complexity index is 831. The van der Waals surface area contributed by atoms with Crippen molar-refractivity contribution in [2.45, 2.75) is 20.8 Å². The third-order valence-corrected chi connectivity index (χ3v) is 3.78. The minimum Gasteiger partial charge on any atom is -0.484 e. The van der Waals surface area contributed by atoms with Crippen LogP contribution in [0.3, 0.4) is 0 Å². The zero-order valence-electron chi connectivity index (χ0n) is 13.0. The molecule has 0 saturated carbocycles. The predicted molar refractivity (Wildman–Crippen MR) is 86.3 cm³/mol. The van der Waals surface area contributed by atoms with E-state index in [0.717, 1.165) is 0 Å². The fourth-order valence-electron chi connectivity index (χ4n) is 2.46. The highest BCUT2D eigenvalue weighted by Crippen LogP contribution is 2.26. The highest BCUT2D eigenvalue weighted by atomic mass is 35.5. The van der Waals surface area contributed by atoms with Crippen LogP contribution in [0.4, 0.5) is 0 Å². The molecule has 0 spiro atoms. The number of aromatic nitrogens is 1. The summed E-state index contributed by atoms with van der Waals surface area (Å²) in [6.45, 7) is 4.72. The van der Waals surface area contributed by atoms with Crippen LogP contribution in [0.5, 0.6) is 5.75 Å². The Morgan fingerprint density at radius 1 is 1.35 bits per heavy atom. The molecule has 6 heteroatoms. The zero-order chi connectivity index (χ0) is 17.1. The lowest BCUT2D eigenvalue weighted by Gasteiger charge is -2.07. The molecular weight excluding hydrogens is 316 g/mol. The number of aryl methyl sites for hydroxylation is 1. The maximum Gasteiger partial charge on any atom is 0.216 e. The van der Waals surface area contributed by atoms with Gasteiger partial charge in [0, 0.05) is 11.3 Å². The van der Waals surface area contributed by atoms with Crippen LogP contribution in [-0.2, 0) is 0 Å². The minimum atomic E-state index is -0.279. The summed E-state index contributed by atoms with van der Waals surface area (Å²) in [4.78, 5) is 26.8. The van der Waals surface area contributed by atoms with E-state index >= 15 is 0 Å². The molecular formula is C17H15ClN2O3. The van der Waals surface area contributed by atoms with Crippen molar-refractivity contribution < 1.29 is 14.3 Å². The smallest absolute Gasteiger partial charge is 0.216 e. The van der Waals surface area contributed by atoms with Crippen LogP contribution in [0.2, 0.25) is 5.02 Å². The molecule has 1 aromatic carbocycles. The molecule has 0 atom stereocenters. The van der Waals surface area contributed by atoms with E-state index < -0.39 is 0 Å². The number of carbonyl (C=O) groups excluding carboxylic acids is 2. The standard InChI is InChI=1S/C17H15ClN2O3/c1-9-16(11(3)21)10(2)20-17(9)14(22)8-23-15-5-4-12(7-19)6-13(15)18/h4-6,20H,8H2,1-3H3. The number of Topliss-reactive ketones (excluding diaryl/α,β-unsaturated/α-hetero) is 2. The Labute approximate surface area is 138 Å². The molecule has 1 heterocycles. The molecule has 23 heavy (non-hydrogen) atoms. The van der Waals surface area contributed by atoms with Crippen LogP contribution in [-0.4, -0.2) is 23.2 Å². The number of benzene rings is 1. The number of hydrogen-bond acceptors (Lipinski definition) is 4. The number of halogens is 1. The quantitative estimate of drug-likeness (QED) is 0.849. The monoisotopic (exact) mass is 330 g/mol. The van der Waals surface area contributed by atoms with E-state index in [2.05, 4.69) is 4.98 Å². The molecule has 0 aliphatic rings. The van der Waals surface area contributed by atoms with Gasteiger partial charge in [-0.1, -0.05) is 11.6 Å². The molecule has 0 saturated heterocycles. The van der Waals surface area contributed by atoms with E-state index in [1.165, 1.54) is 13.0 Å².